The quantitative estimate of drug-likeness (QED) is 0.0692. The van der Waals surface area contributed by atoms with E-state index in [1.807, 2.05) is 0 Å². The van der Waals surface area contributed by atoms with Gasteiger partial charge in [0.05, 0.1) is 24.4 Å². The van der Waals surface area contributed by atoms with E-state index in [-0.39, 0.29) is 0 Å². The van der Waals surface area contributed by atoms with E-state index in [1.165, 1.54) is 99.2 Å². The van der Waals surface area contributed by atoms with Gasteiger partial charge in [0.15, 0.2) is 33.3 Å². The molecule has 316 valence electrons. The van der Waals surface area contributed by atoms with Gasteiger partial charge in [-0.15, -0.1) is 0 Å². The number of fused-ring (bicyclic) bond motifs is 7. The van der Waals surface area contributed by atoms with Crippen LogP contribution in [0.5, 0.6) is 0 Å². The van der Waals surface area contributed by atoms with Crippen LogP contribution < -0.4 is 0 Å². The topological polar surface area (TPSA) is 62.0 Å². The molecule has 0 aromatic carbocycles. The van der Waals surface area contributed by atoms with Crippen molar-refractivity contribution in [3.8, 4) is 0 Å². The summed E-state index contributed by atoms with van der Waals surface area (Å²) in [5, 5.41) is 0. The van der Waals surface area contributed by atoms with Crippen molar-refractivity contribution in [3.05, 3.63) is 0 Å². The summed E-state index contributed by atoms with van der Waals surface area (Å²) >= 11 is 0. The van der Waals surface area contributed by atoms with Gasteiger partial charge < -0.3 is 27.2 Å². The van der Waals surface area contributed by atoms with E-state index in [0.717, 1.165) is 51.1 Å². The molecule has 5 aliphatic carbocycles. The van der Waals surface area contributed by atoms with Crippen LogP contribution in [0.25, 0.3) is 0 Å². The predicted molar refractivity (Wildman–Crippen MR) is 236 cm³/mol. The second-order valence-electron chi connectivity index (χ2n) is 21.3. The number of rotatable bonds is 20. The molecule has 2 heterocycles. The summed E-state index contributed by atoms with van der Waals surface area (Å²) < 4.78 is 35.7. The summed E-state index contributed by atoms with van der Waals surface area (Å²) in [4.78, 5) is 0. The van der Waals surface area contributed by atoms with Crippen molar-refractivity contribution >= 4 is 33.3 Å². The van der Waals surface area contributed by atoms with Crippen molar-refractivity contribution in [2.75, 3.05) is 26.4 Å². The summed E-state index contributed by atoms with van der Waals surface area (Å²) in [6, 6.07) is 5.09. The monoisotopic (exact) mass is 825 g/mol. The molecule has 10 unspecified atom stereocenters. The molecular formula is C44H88O6Si4. The lowest BCUT2D eigenvalue weighted by Crippen LogP contribution is -2.44. The Hall–Kier alpha value is 0.628. The Morgan fingerprint density at radius 3 is 1.26 bits per heavy atom. The Morgan fingerprint density at radius 1 is 0.463 bits per heavy atom. The Bertz CT molecular complexity index is 1020. The van der Waals surface area contributed by atoms with Crippen molar-refractivity contribution in [1.82, 2.24) is 0 Å². The Labute approximate surface area is 338 Å². The highest BCUT2D eigenvalue weighted by Crippen LogP contribution is 2.58. The van der Waals surface area contributed by atoms with Gasteiger partial charge in [-0.05, 0) is 209 Å². The first-order chi connectivity index (χ1) is 25.6. The van der Waals surface area contributed by atoms with Crippen molar-refractivity contribution in [3.63, 3.8) is 0 Å². The Balaban J connectivity index is 0.000000165. The summed E-state index contributed by atoms with van der Waals surface area (Å²) in [5.74, 6) is 6.58. The van der Waals surface area contributed by atoms with Gasteiger partial charge in [0.1, 0.15) is 0 Å². The predicted octanol–water partition coefficient (Wildman–Crippen LogP) is 12.4. The minimum atomic E-state index is -1.52. The second kappa shape index (κ2) is 20.7. The summed E-state index contributed by atoms with van der Waals surface area (Å²) in [6.07, 6.45) is 25.0. The molecule has 54 heavy (non-hydrogen) atoms. The molecule has 0 N–H and O–H groups in total. The third-order valence-electron chi connectivity index (χ3n) is 14.5. The first-order valence-corrected chi connectivity index (χ1v) is 35.9. The SMILES string of the molecule is C1CC2C3CCC(C3)C2C1.CCOCCC[Si](C)(C)O[Si](C)(C)CCC1CCC2OC2C1.CCOCCC[Si](C)(C)O[Si](C)(C)CCC1CCC2OC2C1. The zero-order valence-electron chi connectivity index (χ0n) is 37.2. The van der Waals surface area contributed by atoms with Crippen LogP contribution in [0.4, 0.5) is 0 Å². The normalized spacial score (nSPS) is 33.9. The molecule has 5 saturated carbocycles. The first kappa shape index (κ1) is 45.7. The lowest BCUT2D eigenvalue weighted by Gasteiger charge is -2.35. The van der Waals surface area contributed by atoms with E-state index in [9.17, 15) is 0 Å². The maximum Gasteiger partial charge on any atom is 0.173 e. The number of ether oxygens (including phenoxy) is 4. The Morgan fingerprint density at radius 2 is 0.870 bits per heavy atom. The molecule has 0 aromatic rings. The smallest absolute Gasteiger partial charge is 0.173 e. The first-order valence-electron chi connectivity index (χ1n) is 23.4. The lowest BCUT2D eigenvalue weighted by molar-refractivity contribution is 0.147. The fraction of sp³-hybridized carbons (Fsp3) is 1.00. The highest BCUT2D eigenvalue weighted by Gasteiger charge is 2.49. The molecule has 2 saturated heterocycles. The molecule has 7 aliphatic rings. The van der Waals surface area contributed by atoms with Crippen LogP contribution in [-0.4, -0.2) is 84.1 Å². The average Bonchev–Trinajstić information content (AvgIpc) is 3.87. The number of epoxide rings is 2. The molecule has 6 nitrogen and oxygen atoms in total. The molecule has 2 bridgehead atoms. The van der Waals surface area contributed by atoms with Crippen LogP contribution in [0.15, 0.2) is 0 Å². The maximum atomic E-state index is 6.72. The van der Waals surface area contributed by atoms with Crippen molar-refractivity contribution < 1.29 is 27.2 Å². The van der Waals surface area contributed by atoms with E-state index in [4.69, 9.17) is 27.2 Å². The van der Waals surface area contributed by atoms with Gasteiger partial charge in [0.2, 0.25) is 0 Å². The fourth-order valence-electron chi connectivity index (χ4n) is 11.8. The summed E-state index contributed by atoms with van der Waals surface area (Å²) in [7, 11) is -6.09. The minimum Gasteiger partial charge on any atom is -0.455 e. The average molecular weight is 826 g/mol. The molecule has 7 fully saturated rings. The van der Waals surface area contributed by atoms with E-state index in [1.54, 1.807) is 38.5 Å². The van der Waals surface area contributed by atoms with Gasteiger partial charge in [-0.2, -0.15) is 0 Å². The van der Waals surface area contributed by atoms with Gasteiger partial charge in [0.25, 0.3) is 0 Å². The zero-order valence-corrected chi connectivity index (χ0v) is 41.2. The lowest BCUT2D eigenvalue weighted by atomic mass is 9.82. The van der Waals surface area contributed by atoms with E-state index in [2.05, 4.69) is 66.2 Å². The molecule has 0 radical (unpaired) electrons. The molecule has 0 aromatic heterocycles. The van der Waals surface area contributed by atoms with Crippen LogP contribution in [0.2, 0.25) is 76.6 Å². The molecule has 2 aliphatic heterocycles. The second-order valence-corrected chi connectivity index (χ2v) is 39.0. The standard InChI is InChI=1S/2C17H36O3Si2.C10H16/c2*1-6-18-11-7-12-21(2,3)20-22(4,5)13-10-15-8-9-16-17(14-15)19-16;1-2-9-7-4-5-8(6-7)10(9)3-1/h2*15-17H,6-14H2,1-5H3;7-10H,1-6H2. The van der Waals surface area contributed by atoms with Gasteiger partial charge in [-0.3, -0.25) is 0 Å². The highest BCUT2D eigenvalue weighted by atomic mass is 28.4. The Kier molecular flexibility index (Phi) is 17.6. The maximum absolute atomic E-state index is 6.72. The van der Waals surface area contributed by atoms with E-state index < -0.39 is 33.3 Å². The fourth-order valence-corrected chi connectivity index (χ4v) is 29.6. The molecule has 0 spiro atoms. The summed E-state index contributed by atoms with van der Waals surface area (Å²) in [5.41, 5.74) is 0. The largest absolute Gasteiger partial charge is 0.455 e. The van der Waals surface area contributed by atoms with Crippen LogP contribution in [0.1, 0.15) is 117 Å². The molecule has 10 heteroatoms. The number of hydrogen-bond donors (Lipinski definition) is 0. The molecule has 7 rings (SSSR count). The van der Waals surface area contributed by atoms with Crippen molar-refractivity contribution in [2.45, 2.75) is 218 Å². The van der Waals surface area contributed by atoms with Gasteiger partial charge in [0, 0.05) is 26.4 Å². The van der Waals surface area contributed by atoms with Gasteiger partial charge in [-0.25, -0.2) is 0 Å². The highest BCUT2D eigenvalue weighted by molar-refractivity contribution is 6.85. The van der Waals surface area contributed by atoms with E-state index in [0.29, 0.717) is 24.4 Å². The van der Waals surface area contributed by atoms with E-state index >= 15 is 0 Å². The van der Waals surface area contributed by atoms with Crippen LogP contribution in [0.3, 0.4) is 0 Å². The molecule has 0 amide bonds. The zero-order chi connectivity index (χ0) is 39.0. The van der Waals surface area contributed by atoms with Crippen LogP contribution >= 0.6 is 0 Å². The molecule has 10 atom stereocenters. The third kappa shape index (κ3) is 15.3. The summed E-state index contributed by atoms with van der Waals surface area (Å²) in [6.45, 7) is 26.8. The minimum absolute atomic E-state index is 0.619. The van der Waals surface area contributed by atoms with Gasteiger partial charge in [-0.1, -0.05) is 19.3 Å². The molecular weight excluding hydrogens is 737 g/mol. The van der Waals surface area contributed by atoms with Crippen molar-refractivity contribution in [2.24, 2.45) is 35.5 Å². The third-order valence-corrected chi connectivity index (χ3v) is 29.5. The van der Waals surface area contributed by atoms with Crippen LogP contribution in [-0.2, 0) is 27.2 Å². The number of hydrogen-bond acceptors (Lipinski definition) is 6. The van der Waals surface area contributed by atoms with Gasteiger partial charge >= 0.3 is 0 Å². The van der Waals surface area contributed by atoms with Crippen molar-refractivity contribution in [1.29, 1.82) is 0 Å². The van der Waals surface area contributed by atoms with Crippen LogP contribution in [0, 0.1) is 35.5 Å².